The minimum atomic E-state index is -0.0815. The molecule has 196 valence electrons. The number of imidazole rings is 1. The Labute approximate surface area is 218 Å². The minimum absolute atomic E-state index is 0.0815. The number of aliphatic imine (C=N–C) groups is 1. The zero-order valence-electron chi connectivity index (χ0n) is 23.8. The SMILES string of the molecule is C=C(/C=C\C(=C(/C)OC)n1cnc(C)c1)C(C)N=C(Cc1cc(C(C)C)c(OC)cc1C)N(C)CC. The summed E-state index contributed by atoms with van der Waals surface area (Å²) < 4.78 is 13.1. The number of aryl methyl sites for hydroxylation is 2. The average molecular weight is 493 g/mol. The van der Waals surface area contributed by atoms with Crippen molar-refractivity contribution >= 4 is 11.5 Å². The number of aromatic nitrogens is 2. The van der Waals surface area contributed by atoms with Crippen molar-refractivity contribution in [3.63, 3.8) is 0 Å². The van der Waals surface area contributed by atoms with Crippen LogP contribution in [0.5, 0.6) is 5.75 Å². The van der Waals surface area contributed by atoms with Gasteiger partial charge in [0, 0.05) is 26.2 Å². The van der Waals surface area contributed by atoms with Crippen molar-refractivity contribution in [3.8, 4) is 5.75 Å². The number of likely N-dealkylation sites (N-methyl/N-ethyl adjacent to an activating group) is 1. The predicted molar refractivity (Wildman–Crippen MR) is 152 cm³/mol. The van der Waals surface area contributed by atoms with Crippen molar-refractivity contribution in [1.29, 1.82) is 0 Å². The fraction of sp³-hybridized carbons (Fsp3) is 0.467. The van der Waals surface area contributed by atoms with Gasteiger partial charge in [0.15, 0.2) is 0 Å². The summed E-state index contributed by atoms with van der Waals surface area (Å²) in [5.41, 5.74) is 6.48. The number of allylic oxidation sites excluding steroid dienone is 3. The topological polar surface area (TPSA) is 51.9 Å². The van der Waals surface area contributed by atoms with E-state index in [1.54, 1.807) is 20.5 Å². The molecule has 2 aromatic rings. The third-order valence-corrected chi connectivity index (χ3v) is 6.57. The monoisotopic (exact) mass is 492 g/mol. The van der Waals surface area contributed by atoms with Gasteiger partial charge in [-0.25, -0.2) is 4.98 Å². The third kappa shape index (κ3) is 7.36. The second-order valence-electron chi connectivity index (χ2n) is 9.56. The van der Waals surface area contributed by atoms with Crippen LogP contribution in [0.4, 0.5) is 0 Å². The molecule has 0 aliphatic rings. The Balaban J connectivity index is 2.35. The molecule has 1 atom stereocenters. The molecular formula is C30H44N4O2. The fourth-order valence-electron chi connectivity index (χ4n) is 3.87. The van der Waals surface area contributed by atoms with Crippen LogP contribution in [0.2, 0.25) is 0 Å². The molecule has 1 heterocycles. The number of methoxy groups -OCH3 is 2. The van der Waals surface area contributed by atoms with Crippen molar-refractivity contribution < 1.29 is 9.47 Å². The van der Waals surface area contributed by atoms with Gasteiger partial charge in [0.2, 0.25) is 0 Å². The molecule has 1 aromatic carbocycles. The van der Waals surface area contributed by atoms with E-state index in [1.165, 1.54) is 16.7 Å². The van der Waals surface area contributed by atoms with E-state index in [0.717, 1.165) is 47.3 Å². The fourth-order valence-corrected chi connectivity index (χ4v) is 3.87. The maximum Gasteiger partial charge on any atom is 0.122 e. The summed E-state index contributed by atoms with van der Waals surface area (Å²) in [7, 11) is 5.51. The summed E-state index contributed by atoms with van der Waals surface area (Å²) >= 11 is 0. The number of benzene rings is 1. The van der Waals surface area contributed by atoms with E-state index in [-0.39, 0.29) is 6.04 Å². The molecule has 6 nitrogen and oxygen atoms in total. The van der Waals surface area contributed by atoms with E-state index in [0.29, 0.717) is 5.92 Å². The highest BCUT2D eigenvalue weighted by Crippen LogP contribution is 2.30. The van der Waals surface area contributed by atoms with Crippen LogP contribution in [0.15, 0.2) is 59.7 Å². The normalized spacial score (nSPS) is 13.7. The van der Waals surface area contributed by atoms with Gasteiger partial charge in [0.05, 0.1) is 38.0 Å². The van der Waals surface area contributed by atoms with Crippen LogP contribution in [0.25, 0.3) is 5.70 Å². The largest absolute Gasteiger partial charge is 0.499 e. The molecule has 0 amide bonds. The summed E-state index contributed by atoms with van der Waals surface area (Å²) in [5.74, 6) is 3.17. The Morgan fingerprint density at radius 1 is 1.19 bits per heavy atom. The number of amidine groups is 1. The molecule has 0 radical (unpaired) electrons. The van der Waals surface area contributed by atoms with Crippen molar-refractivity contribution in [3.05, 3.63) is 77.1 Å². The first-order chi connectivity index (χ1) is 17.0. The summed E-state index contributed by atoms with van der Waals surface area (Å²) in [6, 6.07) is 4.33. The number of ether oxygens (including phenoxy) is 2. The van der Waals surface area contributed by atoms with E-state index in [2.05, 4.69) is 70.3 Å². The summed E-state index contributed by atoms with van der Waals surface area (Å²) in [6.45, 7) is 19.9. The first-order valence-electron chi connectivity index (χ1n) is 12.6. The van der Waals surface area contributed by atoms with Gasteiger partial charge in [-0.1, -0.05) is 32.6 Å². The van der Waals surface area contributed by atoms with Crippen LogP contribution in [-0.2, 0) is 11.2 Å². The van der Waals surface area contributed by atoms with Crippen LogP contribution in [-0.4, -0.2) is 54.1 Å². The Bertz CT molecular complexity index is 1140. The minimum Gasteiger partial charge on any atom is -0.499 e. The van der Waals surface area contributed by atoms with Gasteiger partial charge in [0.1, 0.15) is 17.3 Å². The molecular weight excluding hydrogens is 448 g/mol. The molecule has 1 aromatic heterocycles. The lowest BCUT2D eigenvalue weighted by atomic mass is 9.94. The molecule has 0 saturated carbocycles. The highest BCUT2D eigenvalue weighted by molar-refractivity contribution is 5.85. The van der Waals surface area contributed by atoms with Gasteiger partial charge < -0.3 is 18.9 Å². The van der Waals surface area contributed by atoms with Crippen LogP contribution < -0.4 is 4.74 Å². The number of rotatable bonds is 11. The Hall–Kier alpha value is -3.28. The smallest absolute Gasteiger partial charge is 0.122 e. The van der Waals surface area contributed by atoms with E-state index in [4.69, 9.17) is 14.5 Å². The van der Waals surface area contributed by atoms with Crippen LogP contribution in [0.1, 0.15) is 62.9 Å². The zero-order valence-corrected chi connectivity index (χ0v) is 23.8. The first kappa shape index (κ1) is 29.0. The van der Waals surface area contributed by atoms with Gasteiger partial charge in [-0.2, -0.15) is 0 Å². The Kier molecular flexibility index (Phi) is 10.6. The Morgan fingerprint density at radius 3 is 2.42 bits per heavy atom. The number of nitrogens with zero attached hydrogens (tertiary/aromatic N) is 4. The van der Waals surface area contributed by atoms with Gasteiger partial charge in [-0.3, -0.25) is 4.99 Å². The van der Waals surface area contributed by atoms with Gasteiger partial charge in [-0.15, -0.1) is 0 Å². The lowest BCUT2D eigenvalue weighted by Gasteiger charge is -2.23. The van der Waals surface area contributed by atoms with E-state index in [1.807, 2.05) is 36.8 Å². The van der Waals surface area contributed by atoms with Gasteiger partial charge in [0.25, 0.3) is 0 Å². The molecule has 36 heavy (non-hydrogen) atoms. The molecule has 0 spiro atoms. The van der Waals surface area contributed by atoms with Crippen molar-refractivity contribution in [2.75, 3.05) is 27.8 Å². The van der Waals surface area contributed by atoms with E-state index >= 15 is 0 Å². The summed E-state index contributed by atoms with van der Waals surface area (Å²) in [6.07, 6.45) is 8.55. The molecule has 2 rings (SSSR count). The third-order valence-electron chi connectivity index (χ3n) is 6.57. The maximum atomic E-state index is 5.64. The van der Waals surface area contributed by atoms with E-state index < -0.39 is 0 Å². The molecule has 0 N–H and O–H groups in total. The maximum absolute atomic E-state index is 5.64. The molecule has 0 bridgehead atoms. The standard InChI is InChI=1S/C30H44N4O2/c1-12-33(9)30(17-26-16-27(20(2)3)29(36-11)15-22(26)5)32-24(7)21(4)13-14-28(25(8)35-10)34-18-23(6)31-19-34/h13-16,18-20,24H,4,12,17H2,1-3,5-11H3/b14-13-,28-25-,32-30?. The molecule has 0 fully saturated rings. The van der Waals surface area contributed by atoms with Crippen molar-refractivity contribution in [1.82, 2.24) is 14.5 Å². The molecule has 0 aliphatic heterocycles. The van der Waals surface area contributed by atoms with Crippen LogP contribution in [0, 0.1) is 13.8 Å². The molecule has 0 aliphatic carbocycles. The quantitative estimate of drug-likeness (QED) is 0.154. The first-order valence-corrected chi connectivity index (χ1v) is 12.6. The number of hydrogen-bond acceptors (Lipinski definition) is 4. The van der Waals surface area contributed by atoms with Crippen LogP contribution in [0.3, 0.4) is 0 Å². The molecule has 1 unspecified atom stereocenters. The Morgan fingerprint density at radius 2 is 1.89 bits per heavy atom. The second-order valence-corrected chi connectivity index (χ2v) is 9.56. The van der Waals surface area contributed by atoms with Gasteiger partial charge in [-0.05, 0) is 74.9 Å². The second kappa shape index (κ2) is 13.1. The van der Waals surface area contributed by atoms with E-state index in [9.17, 15) is 0 Å². The number of hydrogen-bond donors (Lipinski definition) is 0. The van der Waals surface area contributed by atoms with Crippen LogP contribution >= 0.6 is 0 Å². The van der Waals surface area contributed by atoms with Crippen molar-refractivity contribution in [2.45, 2.75) is 66.8 Å². The summed E-state index contributed by atoms with van der Waals surface area (Å²) in [5, 5.41) is 0. The highest BCUT2D eigenvalue weighted by atomic mass is 16.5. The summed E-state index contributed by atoms with van der Waals surface area (Å²) in [4.78, 5) is 11.7. The predicted octanol–water partition coefficient (Wildman–Crippen LogP) is 6.56. The molecule has 6 heteroatoms. The highest BCUT2D eigenvalue weighted by Gasteiger charge is 2.16. The molecule has 0 saturated heterocycles. The lowest BCUT2D eigenvalue weighted by Crippen LogP contribution is -2.30. The zero-order chi connectivity index (χ0) is 27.0. The lowest BCUT2D eigenvalue weighted by molar-refractivity contribution is 0.294. The van der Waals surface area contributed by atoms with Gasteiger partial charge >= 0.3 is 0 Å². The van der Waals surface area contributed by atoms with Crippen molar-refractivity contribution in [2.24, 2.45) is 4.99 Å². The average Bonchev–Trinajstić information content (AvgIpc) is 3.28.